The number of amides is 2. The quantitative estimate of drug-likeness (QED) is 0.622. The third kappa shape index (κ3) is 4.15. The number of rotatable bonds is 5. The molecule has 0 bridgehead atoms. The highest BCUT2D eigenvalue weighted by Crippen LogP contribution is 2.55. The number of ether oxygens (including phenoxy) is 2. The topological polar surface area (TPSA) is 104 Å². The maximum atomic E-state index is 14.4. The molecule has 3 rings (SSSR count). The Kier molecular flexibility index (Phi) is 6.53. The van der Waals surface area contributed by atoms with Crippen LogP contribution < -0.4 is 15.8 Å². The maximum absolute atomic E-state index is 14.4. The van der Waals surface area contributed by atoms with Gasteiger partial charge in [0.1, 0.15) is 11.8 Å². The molecule has 0 saturated carbocycles. The van der Waals surface area contributed by atoms with Gasteiger partial charge in [0.25, 0.3) is 11.8 Å². The average molecular weight is 491 g/mol. The zero-order valence-electron chi connectivity index (χ0n) is 18.0. The number of primary amides is 1. The van der Waals surface area contributed by atoms with Crippen molar-refractivity contribution < 1.29 is 45.4 Å². The zero-order chi connectivity index (χ0) is 25.6. The Morgan fingerprint density at radius 3 is 2.41 bits per heavy atom. The minimum atomic E-state index is -4.97. The monoisotopic (exact) mass is 491 g/mol. The smallest absolute Gasteiger partial charge is 0.417 e. The summed E-state index contributed by atoms with van der Waals surface area (Å²) >= 11 is 0. The number of hydrogen-bond acceptors (Lipinski definition) is 5. The van der Waals surface area contributed by atoms with Crippen LogP contribution in [0.25, 0.3) is 0 Å². The van der Waals surface area contributed by atoms with E-state index < -0.39 is 76.1 Å². The number of anilines is 1. The van der Waals surface area contributed by atoms with Crippen LogP contribution in [0.2, 0.25) is 0 Å². The predicted octanol–water partition coefficient (Wildman–Crippen LogP) is 3.68. The van der Waals surface area contributed by atoms with Crippen LogP contribution in [-0.2, 0) is 9.53 Å². The summed E-state index contributed by atoms with van der Waals surface area (Å²) in [5.41, 5.74) is 0.923. The van der Waals surface area contributed by atoms with Gasteiger partial charge in [-0.05, 0) is 19.1 Å². The number of carbonyl (C=O) groups excluding carboxylic acids is 2. The molecule has 4 atom stereocenters. The zero-order valence-corrected chi connectivity index (χ0v) is 18.0. The highest BCUT2D eigenvalue weighted by Gasteiger charge is 2.66. The fourth-order valence-corrected chi connectivity index (χ4v) is 3.91. The normalized spacial score (nSPS) is 24.7. The van der Waals surface area contributed by atoms with Crippen molar-refractivity contribution in [2.45, 2.75) is 37.6 Å². The van der Waals surface area contributed by atoms with Crippen LogP contribution in [0.1, 0.15) is 35.8 Å². The van der Waals surface area contributed by atoms with Gasteiger partial charge in [0.05, 0.1) is 19.0 Å². The fourth-order valence-electron chi connectivity index (χ4n) is 3.91. The third-order valence-corrected chi connectivity index (χ3v) is 5.94. The second-order valence-electron chi connectivity index (χ2n) is 7.84. The number of aromatic nitrogens is 1. The number of alkyl halides is 3. The molecular formula is C21H19F6N3O4. The fraction of sp³-hybridized carbons (Fsp3) is 0.381. The van der Waals surface area contributed by atoms with Gasteiger partial charge in [0.2, 0.25) is 5.82 Å². The molecule has 7 nitrogen and oxygen atoms in total. The van der Waals surface area contributed by atoms with Crippen LogP contribution in [-0.4, -0.2) is 41.8 Å². The van der Waals surface area contributed by atoms with Gasteiger partial charge >= 0.3 is 6.18 Å². The minimum Gasteiger partial charge on any atom is -0.493 e. The van der Waals surface area contributed by atoms with E-state index in [-0.39, 0.29) is 5.56 Å². The first-order valence-electron chi connectivity index (χ1n) is 9.75. The van der Waals surface area contributed by atoms with Gasteiger partial charge in [-0.3, -0.25) is 9.59 Å². The summed E-state index contributed by atoms with van der Waals surface area (Å²) in [7, 11) is 0.984. The Hall–Kier alpha value is -3.35. The van der Waals surface area contributed by atoms with Crippen molar-refractivity contribution in [2.24, 2.45) is 11.7 Å². The molecule has 2 aromatic rings. The van der Waals surface area contributed by atoms with E-state index in [1.54, 1.807) is 0 Å². The Morgan fingerprint density at radius 2 is 1.85 bits per heavy atom. The molecule has 1 aromatic carbocycles. The molecule has 0 spiro atoms. The first-order valence-corrected chi connectivity index (χ1v) is 9.75. The summed E-state index contributed by atoms with van der Waals surface area (Å²) in [5, 5.41) is 2.06. The van der Waals surface area contributed by atoms with Crippen LogP contribution in [0.3, 0.4) is 0 Å². The molecule has 1 aliphatic heterocycles. The summed E-state index contributed by atoms with van der Waals surface area (Å²) in [6.45, 7) is 1.84. The van der Waals surface area contributed by atoms with Crippen LogP contribution >= 0.6 is 0 Å². The summed E-state index contributed by atoms with van der Waals surface area (Å²) in [6, 6.07) is 2.46. The number of nitrogens with one attached hydrogen (secondary N) is 1. The molecule has 0 unspecified atom stereocenters. The number of carbonyl (C=O) groups is 2. The number of methoxy groups -OCH3 is 1. The van der Waals surface area contributed by atoms with Crippen molar-refractivity contribution in [3.8, 4) is 5.75 Å². The van der Waals surface area contributed by atoms with Crippen molar-refractivity contribution in [1.29, 1.82) is 0 Å². The van der Waals surface area contributed by atoms with Crippen LogP contribution in [0.15, 0.2) is 24.4 Å². The lowest BCUT2D eigenvalue weighted by Crippen LogP contribution is -2.47. The van der Waals surface area contributed by atoms with Crippen molar-refractivity contribution in [2.75, 3.05) is 12.4 Å². The lowest BCUT2D eigenvalue weighted by Gasteiger charge is -2.32. The first-order chi connectivity index (χ1) is 15.7. The van der Waals surface area contributed by atoms with Gasteiger partial charge in [-0.2, -0.15) is 17.6 Å². The average Bonchev–Trinajstić information content (AvgIpc) is 3.03. The molecule has 0 aliphatic carbocycles. The molecule has 1 saturated heterocycles. The molecular weight excluding hydrogens is 472 g/mol. The second kappa shape index (κ2) is 8.78. The van der Waals surface area contributed by atoms with Crippen LogP contribution in [0.5, 0.6) is 5.75 Å². The molecule has 1 fully saturated rings. The van der Waals surface area contributed by atoms with Gasteiger partial charge in [0.15, 0.2) is 23.0 Å². The van der Waals surface area contributed by atoms with E-state index >= 15 is 0 Å². The molecule has 3 N–H and O–H groups in total. The number of nitrogens with zero attached hydrogens (tertiary/aromatic N) is 1. The highest BCUT2D eigenvalue weighted by atomic mass is 19.4. The van der Waals surface area contributed by atoms with Gasteiger partial charge < -0.3 is 20.5 Å². The van der Waals surface area contributed by atoms with E-state index in [1.165, 1.54) is 0 Å². The van der Waals surface area contributed by atoms with E-state index in [4.69, 9.17) is 15.2 Å². The SMILES string of the molecule is COc1c([C@@H]2[C@@H](C(=O)Nc3cc(C(N)=O)ncc3F)O[C@](C)(C(F)(F)F)[C@H]2C)ccc(F)c1F. The molecule has 2 heterocycles. The van der Waals surface area contributed by atoms with Gasteiger partial charge in [-0.15, -0.1) is 0 Å². The Labute approximate surface area is 189 Å². The Balaban J connectivity index is 2.10. The van der Waals surface area contributed by atoms with Gasteiger partial charge in [-0.25, -0.2) is 13.8 Å². The number of pyridine rings is 1. The summed E-state index contributed by atoms with van der Waals surface area (Å²) in [5.74, 6) is -9.85. The lowest BCUT2D eigenvalue weighted by atomic mass is 9.77. The predicted molar refractivity (Wildman–Crippen MR) is 105 cm³/mol. The molecule has 1 aliphatic rings. The molecule has 13 heteroatoms. The van der Waals surface area contributed by atoms with E-state index in [1.807, 2.05) is 0 Å². The van der Waals surface area contributed by atoms with E-state index in [0.29, 0.717) is 19.2 Å². The van der Waals surface area contributed by atoms with E-state index in [0.717, 1.165) is 26.2 Å². The minimum absolute atomic E-state index is 0.255. The van der Waals surface area contributed by atoms with Crippen LogP contribution in [0.4, 0.5) is 32.0 Å². The standard InChI is InChI=1S/C21H19F6N3O4/c1-8-14(9-4-5-10(22)15(24)16(9)33-3)17(34-20(8,2)21(25,26)27)19(32)30-12-6-13(18(28)31)29-7-11(12)23/h4-8,14,17H,1-3H3,(H2,28,31)(H,29,30,32)/t8-,14+,17-,20-/m0/s1. The van der Waals surface area contributed by atoms with E-state index in [2.05, 4.69) is 10.3 Å². The number of hydrogen-bond donors (Lipinski definition) is 2. The van der Waals surface area contributed by atoms with Crippen molar-refractivity contribution in [1.82, 2.24) is 4.98 Å². The molecule has 184 valence electrons. The summed E-state index contributed by atoms with van der Waals surface area (Å²) in [4.78, 5) is 27.8. The summed E-state index contributed by atoms with van der Waals surface area (Å²) < 4.78 is 94.1. The summed E-state index contributed by atoms with van der Waals surface area (Å²) in [6.07, 6.45) is -6.32. The van der Waals surface area contributed by atoms with Crippen molar-refractivity contribution >= 4 is 17.5 Å². The Bertz CT molecular complexity index is 1140. The van der Waals surface area contributed by atoms with Crippen molar-refractivity contribution in [3.05, 3.63) is 53.1 Å². The number of nitrogens with two attached hydrogens (primary N) is 1. The van der Waals surface area contributed by atoms with Gasteiger partial charge in [0, 0.05) is 17.4 Å². The van der Waals surface area contributed by atoms with Gasteiger partial charge in [-0.1, -0.05) is 13.0 Å². The number of halogens is 6. The number of benzene rings is 1. The maximum Gasteiger partial charge on any atom is 0.417 e. The molecule has 34 heavy (non-hydrogen) atoms. The molecule has 0 radical (unpaired) electrons. The van der Waals surface area contributed by atoms with Crippen molar-refractivity contribution in [3.63, 3.8) is 0 Å². The molecule has 1 aromatic heterocycles. The Morgan fingerprint density at radius 1 is 1.21 bits per heavy atom. The van der Waals surface area contributed by atoms with Crippen LogP contribution in [0, 0.1) is 23.4 Å². The first kappa shape index (κ1) is 25.3. The van der Waals surface area contributed by atoms with E-state index in [9.17, 15) is 35.9 Å². The lowest BCUT2D eigenvalue weighted by molar-refractivity contribution is -0.272. The molecule has 2 amide bonds. The highest BCUT2D eigenvalue weighted by molar-refractivity contribution is 5.97. The second-order valence-corrected chi connectivity index (χ2v) is 7.84. The largest absolute Gasteiger partial charge is 0.493 e. The third-order valence-electron chi connectivity index (χ3n) is 5.94.